The minimum atomic E-state index is -2.89. The van der Waals surface area contributed by atoms with Crippen molar-refractivity contribution in [3.63, 3.8) is 0 Å². The summed E-state index contributed by atoms with van der Waals surface area (Å²) >= 11 is 0. The monoisotopic (exact) mass is 2020 g/mol. The van der Waals surface area contributed by atoms with E-state index in [4.69, 9.17) is 0 Å². The largest absolute Gasteiger partial charge is 0.677 e. The molecule has 0 unspecified atom stereocenters. The predicted octanol–water partition coefficient (Wildman–Crippen LogP) is 31.5. The molecule has 36 heteroatoms. The topological polar surface area (TPSA) is 118 Å². The van der Waals surface area contributed by atoms with Gasteiger partial charge in [-0.1, -0.05) is 146 Å². The van der Waals surface area contributed by atoms with Gasteiger partial charge in [-0.05, 0) is 216 Å². The molecule has 6 aliphatic rings. The first-order valence-electron chi connectivity index (χ1n) is 44.8. The zero-order valence-electron chi connectivity index (χ0n) is 76.2. The van der Waals surface area contributed by atoms with Crippen LogP contribution in [0.5, 0.6) is 0 Å². The third kappa shape index (κ3) is 16.4. The standard InChI is InChI=1S/C112H58B2F24N10/c1-49-5-33-69(139-49)83(79-47-7-51(3)147(79)113(135)136)63-29-21-59(22-30-63)55-13-9-53(10-14-55)57-17-25-61(26-18-57)81-65-35-39-71(141-65)85(89-93(115)101(123)109(131)102(124)94(89)116)75-43-45-77(145-75)87(91-97(119)105(127)111(133)106(128)98(91)120)73-41-37-67(143-73)82(62-27-19-58(20-28-62)54-11-15-56(16-12-54)60-23-31-64(32-24-60)84(70-34-6-50(2)140-70)80-48-8-52(4)148(80)114(137)138)68-38-42-74(144-68)88(92-99(121)107(129)112(134)108(130)100(92)122)78-46-44-76(146-78)86(72-40-36-66(81)142-72)90-95(117)103(125)110(132)104(126)96(90)118/h5-48,141,144H,1-4H3/b81-65?,81-66?,82-67?,82-68?,83-69+,84-70+,85-71?,85-75?,86-72?,86-76?,87-73?,87-77?,88-74?,88-78?. The second kappa shape index (κ2) is 37.5. The Morgan fingerprint density at radius 2 is 0.399 bits per heavy atom. The number of hydrogen-bond acceptors (Lipinski definition) is 6. The van der Waals surface area contributed by atoms with Gasteiger partial charge < -0.3 is 18.9 Å². The van der Waals surface area contributed by atoms with Crippen LogP contribution in [0.1, 0.15) is 93.3 Å². The van der Waals surface area contributed by atoms with E-state index in [1.54, 1.807) is 173 Å². The van der Waals surface area contributed by atoms with Crippen LogP contribution < -0.4 is 0 Å². The van der Waals surface area contributed by atoms with Crippen molar-refractivity contribution in [1.82, 2.24) is 38.9 Å². The number of nitrogens with one attached hydrogen (secondary N) is 2. The van der Waals surface area contributed by atoms with Crippen LogP contribution in [0.2, 0.25) is 0 Å². The SMILES string of the molecule is CC1=N/C(=C(\c2ccc(-c3ccc(-c4ccc(-c5c6nc(c(-c7c(F)c(F)c(F)c(F)c7F)c7nc(c(-c8c(F)c(F)c(F)c(F)c8F)c8ccc([nH]8)c(-c8ccc(-c9ccc(-c%10ccc(/C(=C%11/C=CC(C)=N%11)c%11ccc(C)n%11B(F)F)cc%10)cc9)cc8)c8nc(c(-c9c(F)c(F)c(F)c(F)c9F)c9nc(c(-c%10c(F)c(F)c(F)c(F)c%10F)c%10ccc5[nH]%10)C=C9)C=C8)C=C7)C=C6)cc4)cc3)cc2)c2ccc(C)n2B(F)F)C=C1. The third-order valence-electron chi connectivity index (χ3n) is 25.9. The fourth-order valence-corrected chi connectivity index (χ4v) is 18.8. The summed E-state index contributed by atoms with van der Waals surface area (Å²) in [4.78, 5) is 33.1. The van der Waals surface area contributed by atoms with E-state index < -0.39 is 232 Å². The van der Waals surface area contributed by atoms with Gasteiger partial charge in [0, 0.05) is 101 Å². The summed E-state index contributed by atoms with van der Waals surface area (Å²) in [5.74, 6) is -51.7. The lowest BCUT2D eigenvalue weighted by Gasteiger charge is -2.15. The Balaban J connectivity index is 0.786. The number of aliphatic imine (C=N–C) groups is 2. The number of fused-ring (bicyclic) bond motifs is 12. The number of halogens is 24. The van der Waals surface area contributed by atoms with Crippen molar-refractivity contribution in [3.8, 4) is 111 Å². The number of allylic oxidation sites excluding steroid dienone is 4. The molecule has 11 heterocycles. The molecular formula is C112H58B2F24N10. The Morgan fingerprint density at radius 1 is 0.203 bits per heavy atom. The van der Waals surface area contributed by atoms with Crippen molar-refractivity contribution < 1.29 is 105 Å². The zero-order chi connectivity index (χ0) is 104. The van der Waals surface area contributed by atoms with Gasteiger partial charge in [-0.3, -0.25) is 27.2 Å². The molecule has 12 bridgehead atoms. The molecule has 2 N–H and O–H groups in total. The van der Waals surface area contributed by atoms with E-state index in [0.717, 1.165) is 81.8 Å². The highest BCUT2D eigenvalue weighted by molar-refractivity contribution is 6.42. The number of aromatic amines is 2. The van der Waals surface area contributed by atoms with Crippen molar-refractivity contribution in [3.05, 3.63) is 426 Å². The first kappa shape index (κ1) is 96.5. The van der Waals surface area contributed by atoms with Gasteiger partial charge in [-0.15, -0.1) is 0 Å². The van der Waals surface area contributed by atoms with Crippen LogP contribution in [-0.2, 0) is 0 Å². The molecule has 0 radical (unpaired) electrons. The molecule has 0 saturated heterocycles. The average Bonchev–Trinajstić information content (AvgIpc) is 1.45. The van der Waals surface area contributed by atoms with Gasteiger partial charge in [0.15, 0.2) is 93.1 Å². The summed E-state index contributed by atoms with van der Waals surface area (Å²) in [7, 11) is -5.78. The smallest absolute Gasteiger partial charge is 0.354 e. The third-order valence-corrected chi connectivity index (χ3v) is 25.9. The van der Waals surface area contributed by atoms with E-state index in [9.17, 15) is 17.3 Å². The number of aromatic nitrogens is 8. The number of rotatable bonds is 16. The summed E-state index contributed by atoms with van der Waals surface area (Å²) in [6.07, 6.45) is 14.0. The molecule has 0 aliphatic carbocycles. The van der Waals surface area contributed by atoms with Gasteiger partial charge in [-0.2, -0.15) is 0 Å². The minimum Gasteiger partial charge on any atom is -0.354 e. The number of benzene rings is 10. The first-order valence-corrected chi connectivity index (χ1v) is 44.8. The summed E-state index contributed by atoms with van der Waals surface area (Å²) in [6, 6.07) is 50.2. The molecule has 0 amide bonds. The van der Waals surface area contributed by atoms with E-state index in [-0.39, 0.29) is 44.7 Å². The molecule has 0 spiro atoms. The summed E-state index contributed by atoms with van der Waals surface area (Å²) in [5.41, 5.74) is -10.6. The lowest BCUT2D eigenvalue weighted by Crippen LogP contribution is -2.17. The maximum Gasteiger partial charge on any atom is 0.677 e. The molecule has 10 nitrogen and oxygen atoms in total. The zero-order valence-corrected chi connectivity index (χ0v) is 76.2. The summed E-state index contributed by atoms with van der Waals surface area (Å²) in [5, 5.41) is 0. The molecule has 148 heavy (non-hydrogen) atoms. The van der Waals surface area contributed by atoms with Gasteiger partial charge in [-0.25, -0.2) is 108 Å². The van der Waals surface area contributed by atoms with Crippen molar-refractivity contribution in [2.45, 2.75) is 27.7 Å². The van der Waals surface area contributed by atoms with Crippen LogP contribution >= 0.6 is 0 Å². The lowest BCUT2D eigenvalue weighted by molar-refractivity contribution is 0.381. The Hall–Kier alpha value is -17.6. The number of hydrogen-bond donors (Lipinski definition) is 2. The van der Waals surface area contributed by atoms with Crippen LogP contribution in [0.3, 0.4) is 0 Å². The maximum absolute atomic E-state index is 17.2. The van der Waals surface area contributed by atoms with E-state index in [1.807, 2.05) is 0 Å². The fraction of sp³-hybridized carbons (Fsp3) is 0.0357. The van der Waals surface area contributed by atoms with Gasteiger partial charge >= 0.3 is 14.8 Å². The van der Waals surface area contributed by atoms with Gasteiger partial charge in [0.25, 0.3) is 0 Å². The minimum absolute atomic E-state index is 0.00258. The Labute approximate surface area is 822 Å². The Kier molecular flexibility index (Phi) is 24.5. The van der Waals surface area contributed by atoms with E-state index in [0.29, 0.717) is 101 Å². The molecule has 0 fully saturated rings. The first-order chi connectivity index (χ1) is 71.0. The molecule has 5 aromatic heterocycles. The normalized spacial score (nSPS) is 13.6. The highest BCUT2D eigenvalue weighted by Crippen LogP contribution is 2.49. The predicted molar refractivity (Wildman–Crippen MR) is 523 cm³/mol. The van der Waals surface area contributed by atoms with Crippen LogP contribution in [0.25, 0.3) is 193 Å². The molecule has 0 atom stereocenters. The number of H-pyrrole nitrogens is 2. The van der Waals surface area contributed by atoms with Crippen molar-refractivity contribution in [2.75, 3.05) is 0 Å². The van der Waals surface area contributed by atoms with Crippen LogP contribution in [0.15, 0.2) is 240 Å². The summed E-state index contributed by atoms with van der Waals surface area (Å²) in [6.45, 7) is 6.61. The van der Waals surface area contributed by atoms with Crippen LogP contribution in [0.4, 0.5) is 105 Å². The van der Waals surface area contributed by atoms with Crippen LogP contribution in [0, 0.1) is 130 Å². The molecule has 21 rings (SSSR count). The van der Waals surface area contributed by atoms with E-state index in [1.165, 1.54) is 48.5 Å². The van der Waals surface area contributed by atoms with Gasteiger partial charge in [0.1, 0.15) is 0 Å². The number of nitrogens with zero attached hydrogens (tertiary/aromatic N) is 8. The highest BCUT2D eigenvalue weighted by atomic mass is 19.2. The van der Waals surface area contributed by atoms with Crippen LogP contribution in [-0.4, -0.2) is 65.1 Å². The second-order valence-electron chi connectivity index (χ2n) is 34.6. The highest BCUT2D eigenvalue weighted by Gasteiger charge is 2.39. The summed E-state index contributed by atoms with van der Waals surface area (Å²) < 4.78 is 388. The fourth-order valence-electron chi connectivity index (χ4n) is 18.8. The molecule has 15 aromatic rings. The second-order valence-corrected chi connectivity index (χ2v) is 34.6. The van der Waals surface area contributed by atoms with E-state index >= 15 is 87.8 Å². The quantitative estimate of drug-likeness (QED) is 0.0434. The van der Waals surface area contributed by atoms with Crippen molar-refractivity contribution >= 4 is 108 Å². The van der Waals surface area contributed by atoms with Crippen molar-refractivity contribution in [1.29, 1.82) is 0 Å². The van der Waals surface area contributed by atoms with E-state index in [2.05, 4.69) is 39.9 Å². The maximum atomic E-state index is 17.2. The molecular weight excluding hydrogens is 1960 g/mol. The molecule has 6 aliphatic heterocycles. The average molecular weight is 2020 g/mol. The van der Waals surface area contributed by atoms with Crippen molar-refractivity contribution in [2.24, 2.45) is 9.98 Å². The number of aryl methyl sites for hydroxylation is 2. The van der Waals surface area contributed by atoms with Gasteiger partial charge in [0.2, 0.25) is 23.3 Å². The molecule has 0 saturated carbocycles. The Morgan fingerprint density at radius 3 is 0.622 bits per heavy atom. The van der Waals surface area contributed by atoms with Gasteiger partial charge in [0.05, 0.1) is 79.2 Å². The molecule has 10 aromatic carbocycles. The molecule has 730 valence electrons. The Bertz CT molecular complexity index is 8380. The lowest BCUT2D eigenvalue weighted by atomic mass is 9.95.